The van der Waals surface area contributed by atoms with Gasteiger partial charge in [-0.15, -0.1) is 0 Å². The first-order valence-electron chi connectivity index (χ1n) is 7.27. The smallest absolute Gasteiger partial charge is 0.227 e. The topological polar surface area (TPSA) is 68.0 Å². The van der Waals surface area contributed by atoms with Gasteiger partial charge in [0.05, 0.1) is 0 Å². The largest absolute Gasteiger partial charge is 0.356 e. The zero-order valence-corrected chi connectivity index (χ0v) is 13.3. The number of nitrogens with one attached hydrogen (secondary N) is 1. The van der Waals surface area contributed by atoms with E-state index in [9.17, 15) is 4.79 Å². The number of aromatic nitrogens is 2. The van der Waals surface area contributed by atoms with E-state index < -0.39 is 0 Å². The van der Waals surface area contributed by atoms with Crippen LogP contribution in [0.3, 0.4) is 0 Å². The fourth-order valence-electron chi connectivity index (χ4n) is 1.91. The zero-order chi connectivity index (χ0) is 15.1. The minimum absolute atomic E-state index is 0.0361. The summed E-state index contributed by atoms with van der Waals surface area (Å²) in [5.74, 6) is 1.81. The molecular formula is C15H21N3O2S. The molecule has 6 heteroatoms. The molecule has 0 aliphatic heterocycles. The summed E-state index contributed by atoms with van der Waals surface area (Å²) in [5.41, 5.74) is 0.952. The first-order valence-corrected chi connectivity index (χ1v) is 8.21. The molecule has 1 amide bonds. The fraction of sp³-hybridized carbons (Fsp3) is 0.533. The first-order chi connectivity index (χ1) is 10.1. The Balaban J connectivity index is 1.69. The van der Waals surface area contributed by atoms with E-state index in [0.29, 0.717) is 30.5 Å². The average molecular weight is 307 g/mol. The molecule has 1 N–H and O–H groups in total. The Morgan fingerprint density at radius 1 is 1.48 bits per heavy atom. The molecule has 0 saturated carbocycles. The van der Waals surface area contributed by atoms with Gasteiger partial charge in [-0.05, 0) is 30.2 Å². The molecule has 0 radical (unpaired) electrons. The monoisotopic (exact) mass is 307 g/mol. The molecule has 0 atom stereocenters. The van der Waals surface area contributed by atoms with Crippen molar-refractivity contribution in [1.82, 2.24) is 15.5 Å². The van der Waals surface area contributed by atoms with Crippen LogP contribution < -0.4 is 5.32 Å². The number of thiophene rings is 1. The van der Waals surface area contributed by atoms with Gasteiger partial charge in [0.25, 0.3) is 0 Å². The Morgan fingerprint density at radius 3 is 3.05 bits per heavy atom. The van der Waals surface area contributed by atoms with E-state index in [1.807, 2.05) is 16.8 Å². The molecule has 21 heavy (non-hydrogen) atoms. The van der Waals surface area contributed by atoms with Crippen molar-refractivity contribution in [2.45, 2.75) is 39.5 Å². The summed E-state index contributed by atoms with van der Waals surface area (Å²) in [6.07, 6.45) is 3.01. The molecule has 0 aliphatic rings. The Kier molecular flexibility index (Phi) is 5.92. The molecule has 0 spiro atoms. The lowest BCUT2D eigenvalue weighted by Crippen LogP contribution is -2.24. The lowest BCUT2D eigenvalue weighted by molar-refractivity contribution is -0.121. The predicted octanol–water partition coefficient (Wildman–Crippen LogP) is 3.28. The van der Waals surface area contributed by atoms with Crippen LogP contribution in [0, 0.1) is 5.92 Å². The molecule has 114 valence electrons. The van der Waals surface area contributed by atoms with Crippen molar-refractivity contribution in [3.63, 3.8) is 0 Å². The summed E-state index contributed by atoms with van der Waals surface area (Å²) in [5, 5.41) is 10.8. The van der Waals surface area contributed by atoms with Gasteiger partial charge in [-0.2, -0.15) is 16.3 Å². The highest BCUT2D eigenvalue weighted by Gasteiger charge is 2.10. The van der Waals surface area contributed by atoms with E-state index >= 15 is 0 Å². The molecule has 0 aliphatic carbocycles. The van der Waals surface area contributed by atoms with Crippen molar-refractivity contribution in [3.8, 4) is 11.4 Å². The second kappa shape index (κ2) is 7.93. The Hall–Kier alpha value is -1.69. The van der Waals surface area contributed by atoms with E-state index in [1.165, 1.54) is 0 Å². The first kappa shape index (κ1) is 15.7. The Labute approximate surface area is 128 Å². The van der Waals surface area contributed by atoms with Gasteiger partial charge in [-0.25, -0.2) is 0 Å². The molecule has 0 saturated heterocycles. The summed E-state index contributed by atoms with van der Waals surface area (Å²) in [6.45, 7) is 5.10. The van der Waals surface area contributed by atoms with Crippen molar-refractivity contribution >= 4 is 17.2 Å². The lowest BCUT2D eigenvalue weighted by Gasteiger charge is -2.05. The van der Waals surface area contributed by atoms with Gasteiger partial charge in [0, 0.05) is 30.3 Å². The quantitative estimate of drug-likeness (QED) is 0.760. The summed E-state index contributed by atoms with van der Waals surface area (Å²) >= 11 is 1.59. The van der Waals surface area contributed by atoms with Crippen molar-refractivity contribution in [1.29, 1.82) is 0 Å². The van der Waals surface area contributed by atoms with Gasteiger partial charge in [0.1, 0.15) is 0 Å². The molecule has 2 aromatic heterocycles. The van der Waals surface area contributed by atoms with E-state index in [1.54, 1.807) is 11.3 Å². The molecule has 2 rings (SSSR count). The van der Waals surface area contributed by atoms with Crippen LogP contribution in [0.5, 0.6) is 0 Å². The van der Waals surface area contributed by atoms with Crippen LogP contribution in [-0.4, -0.2) is 22.6 Å². The van der Waals surface area contributed by atoms with E-state index in [-0.39, 0.29) is 5.91 Å². The summed E-state index contributed by atoms with van der Waals surface area (Å²) in [4.78, 5) is 16.0. The number of nitrogens with zero attached hydrogens (tertiary/aromatic N) is 2. The Morgan fingerprint density at radius 2 is 2.33 bits per heavy atom. The highest BCUT2D eigenvalue weighted by molar-refractivity contribution is 7.08. The molecule has 5 nitrogen and oxygen atoms in total. The van der Waals surface area contributed by atoms with E-state index in [0.717, 1.165) is 24.9 Å². The standard InChI is InChI=1S/C15H21N3O2S/c1-11(2)4-3-8-16-13(19)5-6-14-17-15(18-20-14)12-7-9-21-10-12/h7,9-11H,3-6,8H2,1-2H3,(H,16,19). The van der Waals surface area contributed by atoms with E-state index in [4.69, 9.17) is 4.52 Å². The summed E-state index contributed by atoms with van der Waals surface area (Å²) < 4.78 is 5.16. The van der Waals surface area contributed by atoms with Gasteiger partial charge in [-0.3, -0.25) is 4.79 Å². The minimum atomic E-state index is 0.0361. The van der Waals surface area contributed by atoms with Crippen molar-refractivity contribution in [2.24, 2.45) is 5.92 Å². The maximum atomic E-state index is 11.7. The highest BCUT2D eigenvalue weighted by Crippen LogP contribution is 2.18. The second-order valence-electron chi connectivity index (χ2n) is 5.41. The number of carbonyl (C=O) groups is 1. The SMILES string of the molecule is CC(C)CCCNC(=O)CCc1nc(-c2ccsc2)no1. The van der Waals surface area contributed by atoms with Gasteiger partial charge < -0.3 is 9.84 Å². The van der Waals surface area contributed by atoms with E-state index in [2.05, 4.69) is 29.3 Å². The average Bonchev–Trinajstić information content (AvgIpc) is 3.11. The van der Waals surface area contributed by atoms with Crippen molar-refractivity contribution in [3.05, 3.63) is 22.7 Å². The number of carbonyl (C=O) groups excluding carboxylic acids is 1. The zero-order valence-electron chi connectivity index (χ0n) is 12.5. The van der Waals surface area contributed by atoms with Crippen LogP contribution in [0.15, 0.2) is 21.3 Å². The number of aryl methyl sites for hydroxylation is 1. The normalized spacial score (nSPS) is 11.0. The van der Waals surface area contributed by atoms with Crippen LogP contribution in [0.2, 0.25) is 0 Å². The van der Waals surface area contributed by atoms with Crippen LogP contribution in [0.4, 0.5) is 0 Å². The molecule has 2 aromatic rings. The highest BCUT2D eigenvalue weighted by atomic mass is 32.1. The third kappa shape index (κ3) is 5.30. The number of amides is 1. The Bertz CT molecular complexity index is 549. The van der Waals surface area contributed by atoms with Gasteiger partial charge >= 0.3 is 0 Å². The van der Waals surface area contributed by atoms with Gasteiger partial charge in [-0.1, -0.05) is 19.0 Å². The maximum absolute atomic E-state index is 11.7. The lowest BCUT2D eigenvalue weighted by atomic mass is 10.1. The van der Waals surface area contributed by atoms with Crippen LogP contribution in [0.25, 0.3) is 11.4 Å². The number of hydrogen-bond donors (Lipinski definition) is 1. The molecule has 0 bridgehead atoms. The fourth-order valence-corrected chi connectivity index (χ4v) is 2.55. The predicted molar refractivity (Wildman–Crippen MR) is 83.0 cm³/mol. The van der Waals surface area contributed by atoms with Crippen LogP contribution in [-0.2, 0) is 11.2 Å². The van der Waals surface area contributed by atoms with Gasteiger partial charge in [0.2, 0.25) is 17.6 Å². The molecular weight excluding hydrogens is 286 g/mol. The third-order valence-electron chi connectivity index (χ3n) is 3.09. The van der Waals surface area contributed by atoms with Gasteiger partial charge in [0.15, 0.2) is 0 Å². The maximum Gasteiger partial charge on any atom is 0.227 e. The van der Waals surface area contributed by atoms with Crippen molar-refractivity contribution < 1.29 is 9.32 Å². The molecule has 0 unspecified atom stereocenters. The van der Waals surface area contributed by atoms with Crippen LogP contribution in [0.1, 0.15) is 39.0 Å². The van der Waals surface area contributed by atoms with Crippen molar-refractivity contribution in [2.75, 3.05) is 6.54 Å². The molecule has 0 aromatic carbocycles. The second-order valence-corrected chi connectivity index (χ2v) is 6.19. The van der Waals surface area contributed by atoms with Crippen LogP contribution >= 0.6 is 11.3 Å². The number of hydrogen-bond acceptors (Lipinski definition) is 5. The summed E-state index contributed by atoms with van der Waals surface area (Å²) in [6, 6.07) is 1.95. The molecule has 2 heterocycles. The number of rotatable bonds is 8. The minimum Gasteiger partial charge on any atom is -0.356 e. The third-order valence-corrected chi connectivity index (χ3v) is 3.78. The summed E-state index contributed by atoms with van der Waals surface area (Å²) in [7, 11) is 0. The molecule has 0 fully saturated rings.